The van der Waals surface area contributed by atoms with Gasteiger partial charge in [-0.15, -0.1) is 0 Å². The lowest BCUT2D eigenvalue weighted by Crippen LogP contribution is -2.29. The highest BCUT2D eigenvalue weighted by atomic mass is 16.5. The Kier molecular flexibility index (Phi) is 9.88. The largest absolute Gasteiger partial charge is 0.508 e. The predicted molar refractivity (Wildman–Crippen MR) is 164 cm³/mol. The van der Waals surface area contributed by atoms with Crippen molar-refractivity contribution in [1.29, 1.82) is 0 Å². The van der Waals surface area contributed by atoms with Crippen LogP contribution in [-0.2, 0) is 19.3 Å². The van der Waals surface area contributed by atoms with Crippen molar-refractivity contribution < 1.29 is 14.6 Å². The zero-order valence-corrected chi connectivity index (χ0v) is 24.3. The number of ether oxygens (including phenoxy) is 2. The van der Waals surface area contributed by atoms with Gasteiger partial charge in [-0.25, -0.2) is 0 Å². The van der Waals surface area contributed by atoms with E-state index in [4.69, 9.17) is 9.47 Å². The quantitative estimate of drug-likeness (QED) is 0.265. The molecule has 0 bridgehead atoms. The van der Waals surface area contributed by atoms with Gasteiger partial charge in [-0.1, -0.05) is 44.0 Å². The molecule has 5 rings (SSSR count). The van der Waals surface area contributed by atoms with Crippen LogP contribution in [0.3, 0.4) is 0 Å². The lowest BCUT2D eigenvalue weighted by atomic mass is 9.79. The number of methoxy groups -OCH3 is 1. The van der Waals surface area contributed by atoms with Gasteiger partial charge in [0.05, 0.1) is 7.11 Å². The van der Waals surface area contributed by atoms with Gasteiger partial charge in [-0.2, -0.15) is 0 Å². The lowest BCUT2D eigenvalue weighted by molar-refractivity contribution is 0.214. The summed E-state index contributed by atoms with van der Waals surface area (Å²) in [6.45, 7) is 6.44. The average Bonchev–Trinajstić information content (AvgIpc) is 3.26. The third-order valence-corrected chi connectivity index (χ3v) is 8.75. The third-order valence-electron chi connectivity index (χ3n) is 8.75. The Morgan fingerprint density at radius 1 is 0.925 bits per heavy atom. The maximum atomic E-state index is 9.90. The predicted octanol–water partition coefficient (Wildman–Crippen LogP) is 7.36. The molecule has 1 aliphatic heterocycles. The van der Waals surface area contributed by atoms with E-state index >= 15 is 0 Å². The second-order valence-corrected chi connectivity index (χ2v) is 11.5. The molecule has 40 heavy (non-hydrogen) atoms. The van der Waals surface area contributed by atoms with Gasteiger partial charge in [0.1, 0.15) is 23.9 Å². The van der Waals surface area contributed by atoms with Crippen LogP contribution in [0.4, 0.5) is 5.69 Å². The van der Waals surface area contributed by atoms with E-state index in [0.29, 0.717) is 17.7 Å². The number of fused-ring (bicyclic) bond motifs is 1. The molecule has 2 unspecified atom stereocenters. The number of phenolic OH excluding ortho intramolecular Hbond substituents is 1. The Balaban J connectivity index is 1.21. The molecule has 3 aromatic rings. The third kappa shape index (κ3) is 7.51. The molecule has 1 heterocycles. The Bertz CT molecular complexity index is 1220. The monoisotopic (exact) mass is 542 g/mol. The fourth-order valence-electron chi connectivity index (χ4n) is 6.33. The van der Waals surface area contributed by atoms with Crippen molar-refractivity contribution in [1.82, 2.24) is 4.90 Å². The van der Waals surface area contributed by atoms with Crippen molar-refractivity contribution in [2.75, 3.05) is 38.7 Å². The van der Waals surface area contributed by atoms with E-state index in [9.17, 15) is 5.11 Å². The molecule has 2 N–H and O–H groups in total. The van der Waals surface area contributed by atoms with E-state index in [1.807, 2.05) is 12.1 Å². The first kappa shape index (κ1) is 28.4. The van der Waals surface area contributed by atoms with E-state index in [1.165, 1.54) is 66.7 Å². The number of rotatable bonds is 11. The van der Waals surface area contributed by atoms with Gasteiger partial charge in [0.15, 0.2) is 0 Å². The van der Waals surface area contributed by atoms with Gasteiger partial charge in [-0.05, 0) is 117 Å². The van der Waals surface area contributed by atoms with Crippen molar-refractivity contribution in [3.8, 4) is 17.2 Å². The molecule has 3 aromatic carbocycles. The van der Waals surface area contributed by atoms with Crippen molar-refractivity contribution in [2.24, 2.45) is 0 Å². The Hall–Kier alpha value is -3.18. The first-order valence-electron chi connectivity index (χ1n) is 15.3. The van der Waals surface area contributed by atoms with Crippen LogP contribution in [-0.4, -0.2) is 49.4 Å². The van der Waals surface area contributed by atoms with Crippen molar-refractivity contribution in [3.63, 3.8) is 0 Å². The van der Waals surface area contributed by atoms with Gasteiger partial charge in [-0.3, -0.25) is 4.90 Å². The van der Waals surface area contributed by atoms with Gasteiger partial charge in [0.25, 0.3) is 0 Å². The first-order valence-corrected chi connectivity index (χ1v) is 15.3. The molecule has 0 saturated carbocycles. The number of hydrogen-bond donors (Lipinski definition) is 2. The summed E-state index contributed by atoms with van der Waals surface area (Å²) in [5.41, 5.74) is 6.46. The summed E-state index contributed by atoms with van der Waals surface area (Å²) < 4.78 is 11.7. The minimum absolute atomic E-state index is 0.313. The standard InChI is InChI=1S/C35H46N2O3/c1-3-30(22-26-8-14-32(15-9-26)40-21-20-37-18-6-4-5-7-19-37)36-35-25-33(39-2)16-17-34(35)29-11-10-28-24-31(38)13-12-27(28)23-29/h8-9,12-17,24-25,29-30,36,38H,3-7,10-11,18-23H2,1-2H3. The molecular formula is C35H46N2O3. The van der Waals surface area contributed by atoms with E-state index < -0.39 is 0 Å². The summed E-state index contributed by atoms with van der Waals surface area (Å²) in [7, 11) is 1.73. The smallest absolute Gasteiger partial charge is 0.120 e. The number of hydrogen-bond acceptors (Lipinski definition) is 5. The molecule has 1 saturated heterocycles. The summed E-state index contributed by atoms with van der Waals surface area (Å²) >= 11 is 0. The second-order valence-electron chi connectivity index (χ2n) is 11.5. The average molecular weight is 543 g/mol. The van der Waals surface area contributed by atoms with E-state index in [2.05, 4.69) is 65.7 Å². The molecule has 5 heteroatoms. The summed E-state index contributed by atoms with van der Waals surface area (Å²) in [6, 6.07) is 21.3. The highest BCUT2D eigenvalue weighted by molar-refractivity contribution is 5.58. The molecule has 214 valence electrons. The fourth-order valence-corrected chi connectivity index (χ4v) is 6.33. The van der Waals surface area contributed by atoms with Crippen molar-refractivity contribution in [3.05, 3.63) is 82.9 Å². The number of anilines is 1. The van der Waals surface area contributed by atoms with E-state index in [-0.39, 0.29) is 0 Å². The molecule has 1 fully saturated rings. The molecule has 2 aliphatic rings. The van der Waals surface area contributed by atoms with Crippen LogP contribution >= 0.6 is 0 Å². The number of benzene rings is 3. The summed E-state index contributed by atoms with van der Waals surface area (Å²) in [5.74, 6) is 2.64. The topological polar surface area (TPSA) is 54.0 Å². The Morgan fingerprint density at radius 2 is 1.70 bits per heavy atom. The molecular weight excluding hydrogens is 496 g/mol. The molecule has 0 radical (unpaired) electrons. The summed E-state index contributed by atoms with van der Waals surface area (Å²) in [4.78, 5) is 2.54. The first-order chi connectivity index (χ1) is 19.6. The Labute approximate surface area is 240 Å². The summed E-state index contributed by atoms with van der Waals surface area (Å²) in [5, 5.41) is 13.8. The van der Waals surface area contributed by atoms with Crippen LogP contribution in [0.25, 0.3) is 0 Å². The molecule has 1 aliphatic carbocycles. The van der Waals surface area contributed by atoms with Crippen LogP contribution in [0.5, 0.6) is 17.2 Å². The van der Waals surface area contributed by atoms with E-state index in [0.717, 1.165) is 56.8 Å². The van der Waals surface area contributed by atoms with Gasteiger partial charge in [0, 0.05) is 24.3 Å². The zero-order valence-electron chi connectivity index (χ0n) is 24.3. The minimum atomic E-state index is 0.313. The van der Waals surface area contributed by atoms with Gasteiger partial charge in [0.2, 0.25) is 0 Å². The number of aryl methyl sites for hydroxylation is 1. The minimum Gasteiger partial charge on any atom is -0.508 e. The Morgan fingerprint density at radius 3 is 2.45 bits per heavy atom. The summed E-state index contributed by atoms with van der Waals surface area (Å²) in [6.07, 6.45) is 10.4. The number of nitrogens with one attached hydrogen (secondary N) is 1. The highest BCUT2D eigenvalue weighted by Gasteiger charge is 2.24. The number of phenols is 1. The van der Waals surface area contributed by atoms with Crippen LogP contribution in [0.2, 0.25) is 0 Å². The molecule has 0 spiro atoms. The fraction of sp³-hybridized carbons (Fsp3) is 0.486. The molecule has 0 aromatic heterocycles. The molecule has 5 nitrogen and oxygen atoms in total. The van der Waals surface area contributed by atoms with Crippen LogP contribution in [0, 0.1) is 0 Å². The van der Waals surface area contributed by atoms with Crippen LogP contribution in [0.1, 0.15) is 73.6 Å². The zero-order chi connectivity index (χ0) is 27.7. The van der Waals surface area contributed by atoms with Gasteiger partial charge < -0.3 is 19.9 Å². The normalized spacial score (nSPS) is 18.4. The van der Waals surface area contributed by atoms with Crippen molar-refractivity contribution in [2.45, 2.75) is 76.7 Å². The maximum absolute atomic E-state index is 9.90. The second kappa shape index (κ2) is 13.9. The SMILES string of the molecule is CCC(Cc1ccc(OCCN2CCCCCC2)cc1)Nc1cc(OC)ccc1C1CCc2cc(O)ccc2C1. The molecule has 0 amide bonds. The number of nitrogens with zero attached hydrogens (tertiary/aromatic N) is 1. The highest BCUT2D eigenvalue weighted by Crippen LogP contribution is 2.39. The lowest BCUT2D eigenvalue weighted by Gasteiger charge is -2.29. The maximum Gasteiger partial charge on any atom is 0.120 e. The van der Waals surface area contributed by atoms with Gasteiger partial charge >= 0.3 is 0 Å². The number of aromatic hydroxyl groups is 1. The number of likely N-dealkylation sites (tertiary alicyclic amines) is 1. The van der Waals surface area contributed by atoms with Crippen LogP contribution in [0.15, 0.2) is 60.7 Å². The van der Waals surface area contributed by atoms with Crippen LogP contribution < -0.4 is 14.8 Å². The molecule has 2 atom stereocenters. The van der Waals surface area contributed by atoms with Crippen molar-refractivity contribution >= 4 is 5.69 Å². The van der Waals surface area contributed by atoms with E-state index in [1.54, 1.807) is 7.11 Å².